The lowest BCUT2D eigenvalue weighted by Crippen LogP contribution is -2.46. The van der Waals surface area contributed by atoms with Crippen molar-refractivity contribution in [3.8, 4) is 0 Å². The van der Waals surface area contributed by atoms with Gasteiger partial charge in [0.05, 0.1) is 10.3 Å². The molecule has 6 nitrogen and oxygen atoms in total. The summed E-state index contributed by atoms with van der Waals surface area (Å²) in [5, 5.41) is 9.52. The molecule has 1 aromatic rings. The fourth-order valence-electron chi connectivity index (χ4n) is 3.42. The van der Waals surface area contributed by atoms with Crippen LogP contribution in [0.15, 0.2) is 23.1 Å². The number of carboxylic acids is 1. The predicted octanol–water partition coefficient (Wildman–Crippen LogP) is 1.73. The second kappa shape index (κ2) is 6.82. The van der Waals surface area contributed by atoms with E-state index in [0.717, 1.165) is 31.2 Å². The zero-order chi connectivity index (χ0) is 17.2. The van der Waals surface area contributed by atoms with Crippen LogP contribution in [0.25, 0.3) is 0 Å². The second-order valence-electron chi connectivity index (χ2n) is 6.66. The lowest BCUT2D eigenvalue weighted by molar-refractivity contribution is -0.154. The standard InChI is InChI=1S/C17H23NO5S/c19-16(20)17(7-9-23-10-8-17)12-18-24(21,22)15-6-5-13-3-1-2-4-14(13)11-15/h5-6,11,18H,1-4,7-10,12H2,(H,19,20). The van der Waals surface area contributed by atoms with Gasteiger partial charge in [-0.25, -0.2) is 13.1 Å². The van der Waals surface area contributed by atoms with Crippen LogP contribution in [0.4, 0.5) is 0 Å². The van der Waals surface area contributed by atoms with E-state index in [4.69, 9.17) is 4.74 Å². The maximum absolute atomic E-state index is 12.6. The number of sulfonamides is 1. The number of aliphatic carboxylic acids is 1. The fourth-order valence-corrected chi connectivity index (χ4v) is 4.60. The molecule has 24 heavy (non-hydrogen) atoms. The molecular formula is C17H23NO5S. The average Bonchev–Trinajstić information content (AvgIpc) is 2.60. The zero-order valence-corrected chi connectivity index (χ0v) is 14.4. The van der Waals surface area contributed by atoms with Gasteiger partial charge in [0.1, 0.15) is 0 Å². The maximum atomic E-state index is 12.6. The summed E-state index contributed by atoms with van der Waals surface area (Å²) in [6.07, 6.45) is 4.73. The number of aryl methyl sites for hydroxylation is 2. The highest BCUT2D eigenvalue weighted by atomic mass is 32.2. The maximum Gasteiger partial charge on any atom is 0.311 e. The van der Waals surface area contributed by atoms with Gasteiger partial charge in [-0.3, -0.25) is 4.79 Å². The van der Waals surface area contributed by atoms with Crippen molar-refractivity contribution in [2.45, 2.75) is 43.4 Å². The van der Waals surface area contributed by atoms with Gasteiger partial charge in [0.2, 0.25) is 10.0 Å². The Hall–Kier alpha value is -1.44. The van der Waals surface area contributed by atoms with E-state index in [-0.39, 0.29) is 11.4 Å². The molecule has 0 bridgehead atoms. The number of nitrogens with one attached hydrogen (secondary N) is 1. The molecule has 0 amide bonds. The Balaban J connectivity index is 1.77. The molecule has 2 aliphatic rings. The molecular weight excluding hydrogens is 330 g/mol. The molecule has 1 aliphatic heterocycles. The molecule has 0 spiro atoms. The Morgan fingerprint density at radius 2 is 1.83 bits per heavy atom. The molecule has 1 fully saturated rings. The van der Waals surface area contributed by atoms with Crippen molar-refractivity contribution in [3.63, 3.8) is 0 Å². The molecule has 132 valence electrons. The molecule has 1 saturated heterocycles. The van der Waals surface area contributed by atoms with Crippen molar-refractivity contribution in [2.75, 3.05) is 19.8 Å². The summed E-state index contributed by atoms with van der Waals surface area (Å²) in [4.78, 5) is 11.8. The fraction of sp³-hybridized carbons (Fsp3) is 0.588. The number of fused-ring (bicyclic) bond motifs is 1. The third-order valence-corrected chi connectivity index (χ3v) is 6.53. The van der Waals surface area contributed by atoms with Crippen molar-refractivity contribution >= 4 is 16.0 Å². The van der Waals surface area contributed by atoms with E-state index >= 15 is 0 Å². The summed E-state index contributed by atoms with van der Waals surface area (Å²) in [5.41, 5.74) is 1.22. The van der Waals surface area contributed by atoms with Crippen molar-refractivity contribution < 1.29 is 23.1 Å². The largest absolute Gasteiger partial charge is 0.481 e. The van der Waals surface area contributed by atoms with Crippen LogP contribution in [0.5, 0.6) is 0 Å². The van der Waals surface area contributed by atoms with E-state index in [1.54, 1.807) is 12.1 Å². The van der Waals surface area contributed by atoms with Crippen molar-refractivity contribution in [2.24, 2.45) is 5.41 Å². The quantitative estimate of drug-likeness (QED) is 0.841. The summed E-state index contributed by atoms with van der Waals surface area (Å²) < 4.78 is 32.9. The highest BCUT2D eigenvalue weighted by Crippen LogP contribution is 2.31. The lowest BCUT2D eigenvalue weighted by Gasteiger charge is -2.33. The van der Waals surface area contributed by atoms with E-state index in [0.29, 0.717) is 26.1 Å². The summed E-state index contributed by atoms with van der Waals surface area (Å²) in [6.45, 7) is 0.574. The molecule has 1 aromatic carbocycles. The van der Waals surface area contributed by atoms with Gasteiger partial charge in [0.15, 0.2) is 0 Å². The van der Waals surface area contributed by atoms with E-state index in [9.17, 15) is 18.3 Å². The van der Waals surface area contributed by atoms with E-state index in [1.165, 1.54) is 5.56 Å². The Bertz CT molecular complexity index is 722. The number of carboxylic acid groups (broad SMARTS) is 1. The average molecular weight is 353 g/mol. The highest BCUT2D eigenvalue weighted by Gasteiger charge is 2.41. The van der Waals surface area contributed by atoms with Crippen LogP contribution < -0.4 is 4.72 Å². The minimum atomic E-state index is -3.72. The first-order chi connectivity index (χ1) is 11.4. The van der Waals surface area contributed by atoms with Gasteiger partial charge >= 0.3 is 5.97 Å². The number of ether oxygens (including phenoxy) is 1. The van der Waals surface area contributed by atoms with E-state index in [1.807, 2.05) is 6.07 Å². The van der Waals surface area contributed by atoms with Crippen LogP contribution in [0.3, 0.4) is 0 Å². The van der Waals surface area contributed by atoms with Gasteiger partial charge in [-0.2, -0.15) is 0 Å². The molecule has 3 rings (SSSR count). The normalized spacial score (nSPS) is 20.3. The second-order valence-corrected chi connectivity index (χ2v) is 8.43. The third kappa shape index (κ3) is 3.48. The number of benzene rings is 1. The van der Waals surface area contributed by atoms with Crippen LogP contribution in [0, 0.1) is 5.41 Å². The van der Waals surface area contributed by atoms with Gasteiger partial charge in [0.25, 0.3) is 0 Å². The monoisotopic (exact) mass is 353 g/mol. The molecule has 0 atom stereocenters. The van der Waals surface area contributed by atoms with Gasteiger partial charge in [-0.05, 0) is 61.8 Å². The zero-order valence-electron chi connectivity index (χ0n) is 13.6. The highest BCUT2D eigenvalue weighted by molar-refractivity contribution is 7.89. The minimum absolute atomic E-state index is 0.106. The summed E-state index contributed by atoms with van der Waals surface area (Å²) >= 11 is 0. The summed E-state index contributed by atoms with van der Waals surface area (Å²) in [5.74, 6) is -0.973. The van der Waals surface area contributed by atoms with Crippen LogP contribution >= 0.6 is 0 Å². The molecule has 1 heterocycles. The molecule has 0 unspecified atom stereocenters. The number of carbonyl (C=O) groups is 1. The Morgan fingerprint density at radius 3 is 2.50 bits per heavy atom. The van der Waals surface area contributed by atoms with Crippen molar-refractivity contribution in [3.05, 3.63) is 29.3 Å². The van der Waals surface area contributed by atoms with Crippen LogP contribution in [0.2, 0.25) is 0 Å². The van der Waals surface area contributed by atoms with Gasteiger partial charge in [-0.15, -0.1) is 0 Å². The Kier molecular flexibility index (Phi) is 4.94. The predicted molar refractivity (Wildman–Crippen MR) is 88.4 cm³/mol. The topological polar surface area (TPSA) is 92.7 Å². The molecule has 1 aliphatic carbocycles. The number of hydrogen-bond donors (Lipinski definition) is 2. The van der Waals surface area contributed by atoms with Crippen LogP contribution in [-0.2, 0) is 32.4 Å². The Morgan fingerprint density at radius 1 is 1.17 bits per heavy atom. The minimum Gasteiger partial charge on any atom is -0.481 e. The first-order valence-corrected chi connectivity index (χ1v) is 9.84. The smallest absolute Gasteiger partial charge is 0.311 e. The summed E-state index contributed by atoms with van der Waals surface area (Å²) in [7, 11) is -3.72. The van der Waals surface area contributed by atoms with E-state index < -0.39 is 21.4 Å². The molecule has 7 heteroatoms. The first kappa shape index (κ1) is 17.4. The first-order valence-electron chi connectivity index (χ1n) is 8.36. The molecule has 0 radical (unpaired) electrons. The number of hydrogen-bond acceptors (Lipinski definition) is 4. The molecule has 0 aromatic heterocycles. The van der Waals surface area contributed by atoms with Crippen molar-refractivity contribution in [1.29, 1.82) is 0 Å². The lowest BCUT2D eigenvalue weighted by atomic mass is 9.80. The van der Waals surface area contributed by atoms with Crippen LogP contribution in [-0.4, -0.2) is 39.3 Å². The van der Waals surface area contributed by atoms with Gasteiger partial charge < -0.3 is 9.84 Å². The van der Waals surface area contributed by atoms with E-state index in [2.05, 4.69) is 4.72 Å². The van der Waals surface area contributed by atoms with Gasteiger partial charge in [0, 0.05) is 19.8 Å². The number of rotatable bonds is 5. The SMILES string of the molecule is O=C(O)C1(CNS(=O)(=O)c2ccc3c(c2)CCCC3)CCOCC1. The Labute approximate surface area is 142 Å². The third-order valence-electron chi connectivity index (χ3n) is 5.13. The van der Waals surface area contributed by atoms with Crippen LogP contribution in [0.1, 0.15) is 36.8 Å². The van der Waals surface area contributed by atoms with Crippen molar-refractivity contribution in [1.82, 2.24) is 4.72 Å². The molecule has 2 N–H and O–H groups in total. The molecule has 0 saturated carbocycles. The van der Waals surface area contributed by atoms with Gasteiger partial charge in [-0.1, -0.05) is 6.07 Å². The summed E-state index contributed by atoms with van der Waals surface area (Å²) in [6, 6.07) is 5.22.